The van der Waals surface area contributed by atoms with Crippen LogP contribution in [0.25, 0.3) is 6.08 Å². The summed E-state index contributed by atoms with van der Waals surface area (Å²) in [6, 6.07) is 13.2. The van der Waals surface area contributed by atoms with Gasteiger partial charge in [0.1, 0.15) is 0 Å². The van der Waals surface area contributed by atoms with Crippen molar-refractivity contribution in [1.82, 2.24) is 4.98 Å². The van der Waals surface area contributed by atoms with Crippen LogP contribution in [0.2, 0.25) is 0 Å². The number of rotatable bonds is 3. The van der Waals surface area contributed by atoms with Crippen molar-refractivity contribution in [3.63, 3.8) is 0 Å². The second kappa shape index (κ2) is 5.61. The molecule has 0 spiro atoms. The van der Waals surface area contributed by atoms with Crippen LogP contribution < -0.4 is 5.32 Å². The van der Waals surface area contributed by atoms with Gasteiger partial charge < -0.3 is 5.32 Å². The van der Waals surface area contributed by atoms with Gasteiger partial charge in [0.2, 0.25) is 5.91 Å². The fourth-order valence-corrected chi connectivity index (χ4v) is 1.36. The minimum atomic E-state index is -0.165. The molecule has 0 radical (unpaired) electrons. The van der Waals surface area contributed by atoms with Crippen molar-refractivity contribution in [2.75, 3.05) is 5.32 Å². The maximum absolute atomic E-state index is 11.6. The Labute approximate surface area is 99.8 Å². The molecule has 0 atom stereocenters. The normalized spacial score (nSPS) is 10.4. The Hall–Kier alpha value is -2.42. The van der Waals surface area contributed by atoms with E-state index in [0.717, 1.165) is 5.56 Å². The Balaban J connectivity index is 1.96. The number of carbonyl (C=O) groups is 1. The van der Waals surface area contributed by atoms with E-state index in [1.807, 2.05) is 30.3 Å². The highest BCUT2D eigenvalue weighted by molar-refractivity contribution is 6.01. The average Bonchev–Trinajstić information content (AvgIpc) is 2.39. The zero-order chi connectivity index (χ0) is 11.9. The summed E-state index contributed by atoms with van der Waals surface area (Å²) in [7, 11) is 0. The number of nitrogens with one attached hydrogen (secondary N) is 1. The molecule has 0 saturated heterocycles. The molecule has 1 aromatic heterocycles. The summed E-state index contributed by atoms with van der Waals surface area (Å²) >= 11 is 0. The van der Waals surface area contributed by atoms with Crippen LogP contribution in [-0.4, -0.2) is 10.9 Å². The van der Waals surface area contributed by atoms with Gasteiger partial charge in [-0.05, 0) is 23.8 Å². The third-order valence-electron chi connectivity index (χ3n) is 2.16. The summed E-state index contributed by atoms with van der Waals surface area (Å²) in [6.07, 6.45) is 6.54. The average molecular weight is 224 g/mol. The molecule has 0 aliphatic carbocycles. The molecule has 0 saturated carbocycles. The van der Waals surface area contributed by atoms with Crippen LogP contribution in [0.1, 0.15) is 5.56 Å². The molecule has 3 heteroatoms. The van der Waals surface area contributed by atoms with Gasteiger partial charge in [0.05, 0.1) is 11.9 Å². The van der Waals surface area contributed by atoms with Gasteiger partial charge in [-0.2, -0.15) is 0 Å². The number of anilines is 1. The van der Waals surface area contributed by atoms with Gasteiger partial charge in [-0.1, -0.05) is 30.3 Å². The monoisotopic (exact) mass is 224 g/mol. The largest absolute Gasteiger partial charge is 0.321 e. The molecular formula is C14H12N2O. The second-order valence-corrected chi connectivity index (χ2v) is 3.47. The molecule has 1 amide bonds. The summed E-state index contributed by atoms with van der Waals surface area (Å²) in [5, 5.41) is 2.72. The molecule has 1 heterocycles. The summed E-state index contributed by atoms with van der Waals surface area (Å²) in [6.45, 7) is 0. The minimum absolute atomic E-state index is 0.165. The van der Waals surface area contributed by atoms with E-state index < -0.39 is 0 Å². The smallest absolute Gasteiger partial charge is 0.248 e. The number of carbonyl (C=O) groups excluding carboxylic acids is 1. The van der Waals surface area contributed by atoms with E-state index in [0.29, 0.717) is 5.69 Å². The van der Waals surface area contributed by atoms with Crippen molar-refractivity contribution in [3.8, 4) is 0 Å². The lowest BCUT2D eigenvalue weighted by Crippen LogP contribution is -2.07. The molecule has 0 fully saturated rings. The first kappa shape index (κ1) is 11.1. The Morgan fingerprint density at radius 3 is 2.65 bits per heavy atom. The fourth-order valence-electron chi connectivity index (χ4n) is 1.36. The molecule has 0 aliphatic rings. The highest BCUT2D eigenvalue weighted by atomic mass is 16.1. The summed E-state index contributed by atoms with van der Waals surface area (Å²) in [5.74, 6) is -0.165. The third-order valence-corrected chi connectivity index (χ3v) is 2.16. The first-order valence-corrected chi connectivity index (χ1v) is 5.29. The van der Waals surface area contributed by atoms with Crippen LogP contribution in [0, 0.1) is 0 Å². The van der Waals surface area contributed by atoms with E-state index >= 15 is 0 Å². The second-order valence-electron chi connectivity index (χ2n) is 3.47. The van der Waals surface area contributed by atoms with E-state index in [4.69, 9.17) is 0 Å². The van der Waals surface area contributed by atoms with E-state index in [-0.39, 0.29) is 5.91 Å². The highest BCUT2D eigenvalue weighted by Gasteiger charge is 1.96. The van der Waals surface area contributed by atoms with Crippen LogP contribution in [0.15, 0.2) is 60.9 Å². The number of aromatic nitrogens is 1. The maximum atomic E-state index is 11.6. The lowest BCUT2D eigenvalue weighted by atomic mass is 10.2. The zero-order valence-corrected chi connectivity index (χ0v) is 9.21. The van der Waals surface area contributed by atoms with Crippen LogP contribution >= 0.6 is 0 Å². The Kier molecular flexibility index (Phi) is 3.65. The fraction of sp³-hybridized carbons (Fsp3) is 0. The summed E-state index contributed by atoms with van der Waals surface area (Å²) in [4.78, 5) is 15.5. The van der Waals surface area contributed by atoms with Crippen molar-refractivity contribution in [3.05, 3.63) is 66.5 Å². The molecule has 3 nitrogen and oxygen atoms in total. The van der Waals surface area contributed by atoms with E-state index in [1.165, 1.54) is 6.08 Å². The van der Waals surface area contributed by atoms with Crippen molar-refractivity contribution in [1.29, 1.82) is 0 Å². The van der Waals surface area contributed by atoms with Crippen LogP contribution in [0.4, 0.5) is 5.69 Å². The molecule has 17 heavy (non-hydrogen) atoms. The van der Waals surface area contributed by atoms with Gasteiger partial charge >= 0.3 is 0 Å². The quantitative estimate of drug-likeness (QED) is 0.814. The number of pyridine rings is 1. The van der Waals surface area contributed by atoms with Gasteiger partial charge in [0, 0.05) is 12.3 Å². The van der Waals surface area contributed by atoms with E-state index in [2.05, 4.69) is 10.3 Å². The Morgan fingerprint density at radius 2 is 1.94 bits per heavy atom. The molecule has 0 unspecified atom stereocenters. The van der Waals surface area contributed by atoms with E-state index in [9.17, 15) is 4.79 Å². The van der Waals surface area contributed by atoms with Crippen molar-refractivity contribution in [2.45, 2.75) is 0 Å². The van der Waals surface area contributed by atoms with Gasteiger partial charge in [0.25, 0.3) is 0 Å². The molecule has 0 aliphatic heterocycles. The van der Waals surface area contributed by atoms with Crippen molar-refractivity contribution < 1.29 is 4.79 Å². The van der Waals surface area contributed by atoms with Crippen LogP contribution in [-0.2, 0) is 4.79 Å². The number of nitrogens with zero attached hydrogens (tertiary/aromatic N) is 1. The van der Waals surface area contributed by atoms with Crippen molar-refractivity contribution >= 4 is 17.7 Å². The number of amides is 1. The predicted octanol–water partition coefficient (Wildman–Crippen LogP) is 2.73. The van der Waals surface area contributed by atoms with E-state index in [1.54, 1.807) is 30.6 Å². The molecule has 84 valence electrons. The maximum Gasteiger partial charge on any atom is 0.248 e. The van der Waals surface area contributed by atoms with Crippen molar-refractivity contribution in [2.24, 2.45) is 0 Å². The lowest BCUT2D eigenvalue weighted by molar-refractivity contribution is -0.111. The zero-order valence-electron chi connectivity index (χ0n) is 9.21. The van der Waals surface area contributed by atoms with Gasteiger partial charge in [-0.3, -0.25) is 9.78 Å². The third kappa shape index (κ3) is 3.57. The first-order valence-electron chi connectivity index (χ1n) is 5.29. The highest BCUT2D eigenvalue weighted by Crippen LogP contribution is 2.04. The Morgan fingerprint density at radius 1 is 1.12 bits per heavy atom. The number of hydrogen-bond acceptors (Lipinski definition) is 2. The molecular weight excluding hydrogens is 212 g/mol. The number of benzene rings is 1. The van der Waals surface area contributed by atoms with Gasteiger partial charge in [0.15, 0.2) is 0 Å². The standard InChI is InChI=1S/C14H12N2O/c17-14(16-13-7-4-10-15-11-13)9-8-12-5-2-1-3-6-12/h1-11H,(H,16,17)/b9-8+. The lowest BCUT2D eigenvalue weighted by Gasteiger charge is -1.99. The number of hydrogen-bond donors (Lipinski definition) is 1. The topological polar surface area (TPSA) is 42.0 Å². The van der Waals surface area contributed by atoms with Gasteiger partial charge in [-0.15, -0.1) is 0 Å². The first-order chi connectivity index (χ1) is 8.34. The Bertz CT molecular complexity index is 506. The summed E-state index contributed by atoms with van der Waals surface area (Å²) < 4.78 is 0. The SMILES string of the molecule is O=C(/C=C/c1ccccc1)Nc1cccnc1. The molecule has 2 aromatic rings. The molecule has 0 bridgehead atoms. The van der Waals surface area contributed by atoms with Crippen LogP contribution in [0.5, 0.6) is 0 Å². The molecule has 1 N–H and O–H groups in total. The van der Waals surface area contributed by atoms with Crippen LogP contribution in [0.3, 0.4) is 0 Å². The minimum Gasteiger partial charge on any atom is -0.321 e. The molecule has 1 aromatic carbocycles. The summed E-state index contributed by atoms with van der Waals surface area (Å²) in [5.41, 5.74) is 1.68. The predicted molar refractivity (Wildman–Crippen MR) is 68.3 cm³/mol. The molecule has 2 rings (SSSR count). The van der Waals surface area contributed by atoms with Gasteiger partial charge in [-0.25, -0.2) is 0 Å².